The number of anilines is 1. The van der Waals surface area contributed by atoms with Gasteiger partial charge in [-0.2, -0.15) is 0 Å². The Bertz CT molecular complexity index is 284. The fourth-order valence-electron chi connectivity index (χ4n) is 1.37. The Hall–Kier alpha value is -0.670. The molecule has 0 spiro atoms. The minimum atomic E-state index is 0.486. The van der Waals surface area contributed by atoms with Crippen molar-refractivity contribution in [1.82, 2.24) is 0 Å². The summed E-state index contributed by atoms with van der Waals surface area (Å²) in [5.74, 6) is 1.12. The van der Waals surface area contributed by atoms with Gasteiger partial charge >= 0.3 is 0 Å². The number of rotatable bonds is 7. The molecule has 16 heavy (non-hydrogen) atoms. The molecule has 0 saturated carbocycles. The minimum Gasteiger partial charge on any atom is -0.385 e. The number of hydrogen-bond donors (Lipinski definition) is 1. The maximum atomic E-state index is 5.02. The number of nitrogens with one attached hydrogen (secondary N) is 1. The van der Waals surface area contributed by atoms with Crippen LogP contribution in [0.1, 0.15) is 20.3 Å². The van der Waals surface area contributed by atoms with E-state index in [0.717, 1.165) is 18.8 Å². The van der Waals surface area contributed by atoms with Gasteiger partial charge in [-0.25, -0.2) is 0 Å². The first-order valence-electron chi connectivity index (χ1n) is 5.70. The zero-order valence-corrected chi connectivity index (χ0v) is 11.1. The lowest BCUT2D eigenvalue weighted by molar-refractivity contribution is 0.200. The van der Waals surface area contributed by atoms with E-state index in [-0.39, 0.29) is 0 Å². The van der Waals surface area contributed by atoms with E-state index in [4.69, 9.17) is 4.74 Å². The Kier molecular flexibility index (Phi) is 6.34. The smallest absolute Gasteiger partial charge is 0.0470 e. The largest absolute Gasteiger partial charge is 0.385 e. The molecule has 1 aromatic rings. The zero-order chi connectivity index (χ0) is 11.8. The van der Waals surface area contributed by atoms with E-state index in [1.807, 2.05) is 11.8 Å². The average Bonchev–Trinajstić information content (AvgIpc) is 2.26. The molecule has 0 heterocycles. The van der Waals surface area contributed by atoms with E-state index in [1.165, 1.54) is 10.6 Å². The third-order valence-electron chi connectivity index (χ3n) is 2.07. The molecule has 0 saturated heterocycles. The maximum Gasteiger partial charge on any atom is 0.0470 e. The molecular weight excluding hydrogens is 218 g/mol. The average molecular weight is 239 g/mol. The van der Waals surface area contributed by atoms with Crippen LogP contribution in [0.15, 0.2) is 29.2 Å². The van der Waals surface area contributed by atoms with Crippen LogP contribution in [0.2, 0.25) is 0 Å². The Morgan fingerprint density at radius 1 is 1.25 bits per heavy atom. The number of thioether (sulfide) groups is 1. The quantitative estimate of drug-likeness (QED) is 0.580. The number of benzene rings is 1. The zero-order valence-electron chi connectivity index (χ0n) is 10.3. The van der Waals surface area contributed by atoms with E-state index in [9.17, 15) is 0 Å². The van der Waals surface area contributed by atoms with E-state index in [2.05, 4.69) is 43.4 Å². The lowest BCUT2D eigenvalue weighted by Gasteiger charge is -2.10. The summed E-state index contributed by atoms with van der Waals surface area (Å²) in [6.45, 7) is 5.14. The first-order chi connectivity index (χ1) is 7.72. The lowest BCUT2D eigenvalue weighted by Crippen LogP contribution is -2.09. The lowest BCUT2D eigenvalue weighted by atomic mass is 10.3. The normalized spacial score (nSPS) is 10.8. The molecule has 0 atom stereocenters. The van der Waals surface area contributed by atoms with Crippen molar-refractivity contribution in [2.24, 2.45) is 0 Å². The fraction of sp³-hybridized carbons (Fsp3) is 0.538. The first kappa shape index (κ1) is 13.4. The molecular formula is C13H21NOS. The molecule has 0 unspecified atom stereocenters. The summed E-state index contributed by atoms with van der Waals surface area (Å²) in [7, 11) is 1.75. The standard InChI is InChI=1S/C13H21NOS/c1-11(2)14-12-5-7-13(8-6-12)16-10-4-9-15-3/h5-8,11,14H,4,9-10H2,1-3H3. The van der Waals surface area contributed by atoms with Gasteiger partial charge in [-0.3, -0.25) is 0 Å². The molecule has 2 nitrogen and oxygen atoms in total. The molecule has 1 N–H and O–H groups in total. The van der Waals surface area contributed by atoms with Gasteiger partial charge in [-0.15, -0.1) is 11.8 Å². The van der Waals surface area contributed by atoms with Crippen LogP contribution in [-0.2, 0) is 4.74 Å². The van der Waals surface area contributed by atoms with Gasteiger partial charge in [0, 0.05) is 36.1 Å². The van der Waals surface area contributed by atoms with Gasteiger partial charge in [0.05, 0.1) is 0 Å². The Labute approximate surface area is 103 Å². The van der Waals surface area contributed by atoms with Gasteiger partial charge in [0.15, 0.2) is 0 Å². The summed E-state index contributed by atoms with van der Waals surface area (Å²) < 4.78 is 5.02. The molecule has 0 aliphatic carbocycles. The number of hydrogen-bond acceptors (Lipinski definition) is 3. The third-order valence-corrected chi connectivity index (χ3v) is 3.17. The van der Waals surface area contributed by atoms with Crippen molar-refractivity contribution in [1.29, 1.82) is 0 Å². The van der Waals surface area contributed by atoms with Gasteiger partial charge < -0.3 is 10.1 Å². The monoisotopic (exact) mass is 239 g/mol. The SMILES string of the molecule is COCCCSc1ccc(NC(C)C)cc1. The van der Waals surface area contributed by atoms with Crippen LogP contribution in [0.4, 0.5) is 5.69 Å². The molecule has 0 bridgehead atoms. The van der Waals surface area contributed by atoms with Crippen LogP contribution >= 0.6 is 11.8 Å². The summed E-state index contributed by atoms with van der Waals surface area (Å²) in [5, 5.41) is 3.38. The van der Waals surface area contributed by atoms with Gasteiger partial charge in [0.2, 0.25) is 0 Å². The minimum absolute atomic E-state index is 0.486. The summed E-state index contributed by atoms with van der Waals surface area (Å²) in [4.78, 5) is 1.32. The summed E-state index contributed by atoms with van der Waals surface area (Å²) in [6, 6.07) is 9.10. The highest BCUT2D eigenvalue weighted by Gasteiger charge is 1.97. The van der Waals surface area contributed by atoms with Gasteiger partial charge in [0.25, 0.3) is 0 Å². The Morgan fingerprint density at radius 2 is 1.94 bits per heavy atom. The second-order valence-corrected chi connectivity index (χ2v) is 5.19. The van der Waals surface area contributed by atoms with Crippen LogP contribution in [0, 0.1) is 0 Å². The van der Waals surface area contributed by atoms with Gasteiger partial charge in [0.1, 0.15) is 0 Å². The fourth-order valence-corrected chi connectivity index (χ4v) is 2.20. The Balaban J connectivity index is 2.33. The van der Waals surface area contributed by atoms with E-state index < -0.39 is 0 Å². The van der Waals surface area contributed by atoms with Crippen molar-refractivity contribution in [3.8, 4) is 0 Å². The molecule has 3 heteroatoms. The molecule has 0 radical (unpaired) electrons. The highest BCUT2D eigenvalue weighted by molar-refractivity contribution is 7.99. The van der Waals surface area contributed by atoms with Crippen molar-refractivity contribution in [3.05, 3.63) is 24.3 Å². The first-order valence-corrected chi connectivity index (χ1v) is 6.69. The summed E-state index contributed by atoms with van der Waals surface area (Å²) >= 11 is 1.88. The van der Waals surface area contributed by atoms with Crippen molar-refractivity contribution in [3.63, 3.8) is 0 Å². The number of methoxy groups -OCH3 is 1. The maximum absolute atomic E-state index is 5.02. The molecule has 90 valence electrons. The summed E-state index contributed by atoms with van der Waals surface area (Å²) in [6.07, 6.45) is 1.10. The van der Waals surface area contributed by atoms with Crippen molar-refractivity contribution >= 4 is 17.4 Å². The predicted molar refractivity (Wildman–Crippen MR) is 72.4 cm³/mol. The Morgan fingerprint density at radius 3 is 2.50 bits per heavy atom. The van der Waals surface area contributed by atoms with Gasteiger partial charge in [-0.05, 0) is 44.5 Å². The highest BCUT2D eigenvalue weighted by atomic mass is 32.2. The molecule has 0 aliphatic heterocycles. The second-order valence-electron chi connectivity index (χ2n) is 4.02. The van der Waals surface area contributed by atoms with E-state index in [1.54, 1.807) is 7.11 Å². The van der Waals surface area contributed by atoms with E-state index >= 15 is 0 Å². The van der Waals surface area contributed by atoms with Crippen LogP contribution in [0.5, 0.6) is 0 Å². The van der Waals surface area contributed by atoms with Crippen molar-refractivity contribution in [2.45, 2.75) is 31.2 Å². The van der Waals surface area contributed by atoms with Crippen molar-refractivity contribution < 1.29 is 4.74 Å². The van der Waals surface area contributed by atoms with Crippen LogP contribution in [-0.4, -0.2) is 25.5 Å². The molecule has 0 aromatic heterocycles. The topological polar surface area (TPSA) is 21.3 Å². The van der Waals surface area contributed by atoms with Crippen LogP contribution < -0.4 is 5.32 Å². The van der Waals surface area contributed by atoms with Crippen LogP contribution in [0.25, 0.3) is 0 Å². The molecule has 1 rings (SSSR count). The van der Waals surface area contributed by atoms with Crippen molar-refractivity contribution in [2.75, 3.05) is 24.8 Å². The van der Waals surface area contributed by atoms with Crippen LogP contribution in [0.3, 0.4) is 0 Å². The second kappa shape index (κ2) is 7.58. The van der Waals surface area contributed by atoms with E-state index in [0.29, 0.717) is 6.04 Å². The number of ether oxygens (including phenoxy) is 1. The summed E-state index contributed by atoms with van der Waals surface area (Å²) in [5.41, 5.74) is 1.19. The molecule has 0 amide bonds. The predicted octanol–water partition coefficient (Wildman–Crippen LogP) is 3.64. The molecule has 0 aliphatic rings. The van der Waals surface area contributed by atoms with Gasteiger partial charge in [-0.1, -0.05) is 0 Å². The molecule has 1 aromatic carbocycles. The highest BCUT2D eigenvalue weighted by Crippen LogP contribution is 2.21. The third kappa shape index (κ3) is 5.42. The molecule has 0 fully saturated rings.